The van der Waals surface area contributed by atoms with E-state index >= 15 is 0 Å². The molecule has 4 aromatic rings. The van der Waals surface area contributed by atoms with E-state index in [0.29, 0.717) is 27.2 Å². The maximum absolute atomic E-state index is 11.0. The number of aromatic nitrogens is 3. The minimum Gasteiger partial charge on any atom is -0.550 e. The Morgan fingerprint density at radius 3 is 2.96 bits per heavy atom. The summed E-state index contributed by atoms with van der Waals surface area (Å²) < 4.78 is 8.26. The van der Waals surface area contributed by atoms with Gasteiger partial charge in [0.25, 0.3) is 0 Å². The summed E-state index contributed by atoms with van der Waals surface area (Å²) in [7, 11) is 0. The average Bonchev–Trinajstić information content (AvgIpc) is 3.24. The summed E-state index contributed by atoms with van der Waals surface area (Å²) in [6.45, 7) is 0. The maximum atomic E-state index is 11.0. The lowest BCUT2D eigenvalue weighted by molar-refractivity contribution is -0.304. The van der Waals surface area contributed by atoms with Crippen LogP contribution in [0, 0.1) is 0 Å². The standard InChI is InChI=1S/C16H10ClN3O3S/c17-12-3-2-11(24-12)15-10(7-14(21)22)19-16(23-15)9-1-4-13-18-5-6-20(13)8-9/h1-6,8H,7H2,(H,21,22)/p-1. The summed E-state index contributed by atoms with van der Waals surface area (Å²) in [5.41, 5.74) is 1.83. The normalized spacial score (nSPS) is 11.2. The van der Waals surface area contributed by atoms with Crippen LogP contribution in [-0.4, -0.2) is 20.3 Å². The second-order valence-corrected chi connectivity index (χ2v) is 6.77. The van der Waals surface area contributed by atoms with E-state index in [4.69, 9.17) is 16.0 Å². The Morgan fingerprint density at radius 2 is 2.21 bits per heavy atom. The molecule has 0 spiro atoms. The van der Waals surface area contributed by atoms with E-state index in [1.54, 1.807) is 18.3 Å². The van der Waals surface area contributed by atoms with Crippen molar-refractivity contribution in [2.75, 3.05) is 0 Å². The summed E-state index contributed by atoms with van der Waals surface area (Å²) in [6.07, 6.45) is 4.99. The molecule has 8 heteroatoms. The van der Waals surface area contributed by atoms with Gasteiger partial charge in [-0.1, -0.05) is 11.6 Å². The number of carbonyl (C=O) groups is 1. The molecule has 0 aliphatic carbocycles. The molecule has 0 saturated carbocycles. The highest BCUT2D eigenvalue weighted by atomic mass is 35.5. The summed E-state index contributed by atoms with van der Waals surface area (Å²) in [6, 6.07) is 7.15. The molecular formula is C16H9ClN3O3S-. The van der Waals surface area contributed by atoms with Crippen LogP contribution in [0.2, 0.25) is 4.34 Å². The zero-order valence-electron chi connectivity index (χ0n) is 12.1. The van der Waals surface area contributed by atoms with Crippen molar-refractivity contribution in [3.63, 3.8) is 0 Å². The minimum absolute atomic E-state index is 0.314. The molecule has 0 radical (unpaired) electrons. The number of hydrogen-bond donors (Lipinski definition) is 0. The van der Waals surface area contributed by atoms with Gasteiger partial charge in [-0.05, 0) is 24.3 Å². The SMILES string of the molecule is O=C([O-])Cc1nc(-c2ccc3nccn3c2)oc1-c1ccc(Cl)s1. The van der Waals surface area contributed by atoms with E-state index in [1.807, 2.05) is 28.9 Å². The number of hydrogen-bond acceptors (Lipinski definition) is 6. The highest BCUT2D eigenvalue weighted by Gasteiger charge is 2.18. The van der Waals surface area contributed by atoms with Crippen LogP contribution in [0.1, 0.15) is 5.69 Å². The summed E-state index contributed by atoms with van der Waals surface area (Å²) in [5.74, 6) is -0.484. The lowest BCUT2D eigenvalue weighted by Gasteiger charge is -1.99. The van der Waals surface area contributed by atoms with Gasteiger partial charge in [-0.2, -0.15) is 0 Å². The van der Waals surface area contributed by atoms with Crippen LogP contribution < -0.4 is 5.11 Å². The Kier molecular flexibility index (Phi) is 3.59. The van der Waals surface area contributed by atoms with Crippen molar-refractivity contribution in [2.45, 2.75) is 6.42 Å². The number of rotatable bonds is 4. The topological polar surface area (TPSA) is 83.5 Å². The monoisotopic (exact) mass is 358 g/mol. The minimum atomic E-state index is -1.22. The molecule has 0 N–H and O–H groups in total. The first kappa shape index (κ1) is 14.9. The third-order valence-corrected chi connectivity index (χ3v) is 4.67. The highest BCUT2D eigenvalue weighted by molar-refractivity contribution is 7.19. The van der Waals surface area contributed by atoms with Gasteiger partial charge in [-0.3, -0.25) is 0 Å². The van der Waals surface area contributed by atoms with E-state index in [0.717, 1.165) is 10.5 Å². The predicted molar refractivity (Wildman–Crippen MR) is 87.7 cm³/mol. The van der Waals surface area contributed by atoms with Crippen molar-refractivity contribution in [2.24, 2.45) is 0 Å². The number of oxazole rings is 1. The van der Waals surface area contributed by atoms with E-state index in [9.17, 15) is 9.90 Å². The number of pyridine rings is 1. The first-order chi connectivity index (χ1) is 11.6. The number of aliphatic carboxylic acids is 1. The van der Waals surface area contributed by atoms with Crippen molar-refractivity contribution < 1.29 is 14.3 Å². The number of carbonyl (C=O) groups excluding carboxylic acids is 1. The fraction of sp³-hybridized carbons (Fsp3) is 0.0625. The number of nitrogens with zero attached hydrogens (tertiary/aromatic N) is 3. The van der Waals surface area contributed by atoms with E-state index in [-0.39, 0.29) is 6.42 Å². The number of halogens is 1. The van der Waals surface area contributed by atoms with E-state index in [1.165, 1.54) is 11.3 Å². The fourth-order valence-corrected chi connectivity index (χ4v) is 3.45. The zero-order valence-corrected chi connectivity index (χ0v) is 13.7. The van der Waals surface area contributed by atoms with Gasteiger partial charge in [0.2, 0.25) is 5.89 Å². The first-order valence-corrected chi connectivity index (χ1v) is 8.18. The molecule has 4 rings (SSSR count). The van der Waals surface area contributed by atoms with Crippen molar-refractivity contribution in [1.29, 1.82) is 0 Å². The smallest absolute Gasteiger partial charge is 0.228 e. The summed E-state index contributed by atoms with van der Waals surface area (Å²) >= 11 is 7.26. The lowest BCUT2D eigenvalue weighted by Crippen LogP contribution is -2.24. The summed E-state index contributed by atoms with van der Waals surface area (Å²) in [5, 5.41) is 11.0. The largest absolute Gasteiger partial charge is 0.550 e. The molecule has 0 saturated heterocycles. The van der Waals surface area contributed by atoms with Gasteiger partial charge < -0.3 is 18.7 Å². The fourth-order valence-electron chi connectivity index (χ4n) is 2.41. The third kappa shape index (κ3) is 2.68. The Balaban J connectivity index is 1.83. The molecule has 0 fully saturated rings. The van der Waals surface area contributed by atoms with Crippen molar-refractivity contribution in [1.82, 2.24) is 14.4 Å². The second kappa shape index (κ2) is 5.77. The van der Waals surface area contributed by atoms with Gasteiger partial charge in [-0.25, -0.2) is 9.97 Å². The van der Waals surface area contributed by atoms with Gasteiger partial charge in [0, 0.05) is 31.0 Å². The lowest BCUT2D eigenvalue weighted by atomic mass is 10.2. The molecule has 0 aliphatic heterocycles. The second-order valence-electron chi connectivity index (χ2n) is 5.06. The molecule has 4 aromatic heterocycles. The van der Waals surface area contributed by atoms with Gasteiger partial charge >= 0.3 is 0 Å². The Morgan fingerprint density at radius 1 is 1.33 bits per heavy atom. The van der Waals surface area contributed by atoms with Crippen molar-refractivity contribution in [3.8, 4) is 22.1 Å². The molecule has 4 heterocycles. The number of thiophene rings is 1. The number of carboxylic acid groups (broad SMARTS) is 1. The number of imidazole rings is 1. The van der Waals surface area contributed by atoms with Crippen LogP contribution in [0.4, 0.5) is 0 Å². The van der Waals surface area contributed by atoms with Crippen LogP contribution in [0.5, 0.6) is 0 Å². The summed E-state index contributed by atoms with van der Waals surface area (Å²) in [4.78, 5) is 20.3. The molecule has 0 atom stereocenters. The molecule has 0 aromatic carbocycles. The molecule has 0 aliphatic rings. The first-order valence-electron chi connectivity index (χ1n) is 6.98. The molecular weight excluding hydrogens is 350 g/mol. The van der Waals surface area contributed by atoms with Crippen LogP contribution in [0.15, 0.2) is 47.3 Å². The Hall–Kier alpha value is -2.64. The van der Waals surface area contributed by atoms with Gasteiger partial charge in [-0.15, -0.1) is 11.3 Å². The quantitative estimate of drug-likeness (QED) is 0.560. The van der Waals surface area contributed by atoms with E-state index < -0.39 is 5.97 Å². The highest BCUT2D eigenvalue weighted by Crippen LogP contribution is 2.36. The third-order valence-electron chi connectivity index (χ3n) is 3.44. The number of fused-ring (bicyclic) bond motifs is 1. The van der Waals surface area contributed by atoms with Crippen LogP contribution in [-0.2, 0) is 11.2 Å². The average molecular weight is 359 g/mol. The number of carboxylic acids is 1. The maximum Gasteiger partial charge on any atom is 0.228 e. The zero-order chi connectivity index (χ0) is 16.7. The van der Waals surface area contributed by atoms with Crippen molar-refractivity contribution in [3.05, 3.63) is 52.9 Å². The van der Waals surface area contributed by atoms with Crippen molar-refractivity contribution >= 4 is 34.6 Å². The molecule has 0 amide bonds. The molecule has 120 valence electrons. The Bertz CT molecular complexity index is 1050. The van der Waals surface area contributed by atoms with E-state index in [2.05, 4.69) is 9.97 Å². The molecule has 6 nitrogen and oxygen atoms in total. The van der Waals surface area contributed by atoms with Gasteiger partial charge in [0.1, 0.15) is 5.65 Å². The molecule has 0 unspecified atom stereocenters. The van der Waals surface area contributed by atoms with Gasteiger partial charge in [0.15, 0.2) is 5.76 Å². The van der Waals surface area contributed by atoms with Crippen LogP contribution in [0.25, 0.3) is 27.7 Å². The van der Waals surface area contributed by atoms with Gasteiger partial charge in [0.05, 0.1) is 20.5 Å². The molecule has 24 heavy (non-hydrogen) atoms. The molecule has 0 bridgehead atoms. The Labute approximate surface area is 145 Å². The predicted octanol–water partition coefficient (Wildman–Crippen LogP) is 2.66. The van der Waals surface area contributed by atoms with Crippen LogP contribution in [0.3, 0.4) is 0 Å². The van der Waals surface area contributed by atoms with Crippen LogP contribution >= 0.6 is 22.9 Å².